The molecule has 2 fully saturated rings. The number of rotatable bonds is 6. The van der Waals surface area contributed by atoms with E-state index >= 15 is 0 Å². The molecule has 2 aromatic rings. The number of nitrogens with one attached hydrogen (secondary N) is 1. The van der Waals surface area contributed by atoms with Gasteiger partial charge in [0.05, 0.1) is 11.3 Å². The first-order valence-corrected chi connectivity index (χ1v) is 10.0. The van der Waals surface area contributed by atoms with Crippen molar-refractivity contribution in [2.75, 3.05) is 32.1 Å². The minimum atomic E-state index is -0.207. The summed E-state index contributed by atoms with van der Waals surface area (Å²) in [5.41, 5.74) is 2.12. The molecule has 1 saturated heterocycles. The molecule has 1 saturated carbocycles. The van der Waals surface area contributed by atoms with Crippen molar-refractivity contribution < 1.29 is 9.59 Å². The summed E-state index contributed by atoms with van der Waals surface area (Å²) in [5.74, 6) is 0.853. The Hall–Kier alpha value is -3.03. The van der Waals surface area contributed by atoms with Gasteiger partial charge in [-0.05, 0) is 30.9 Å². The first-order valence-electron chi connectivity index (χ1n) is 10.0. The molecular formula is C21H26N6O2. The number of carbonyl (C=O) groups is 2. The van der Waals surface area contributed by atoms with Gasteiger partial charge in [0.1, 0.15) is 0 Å². The number of aromatic nitrogens is 3. The lowest BCUT2D eigenvalue weighted by molar-refractivity contribution is -0.131. The van der Waals surface area contributed by atoms with Gasteiger partial charge < -0.3 is 15.1 Å². The summed E-state index contributed by atoms with van der Waals surface area (Å²) in [6, 6.07) is 3.75. The van der Waals surface area contributed by atoms with Crippen LogP contribution in [0, 0.1) is 5.92 Å². The molecule has 152 valence electrons. The van der Waals surface area contributed by atoms with Gasteiger partial charge in [-0.3, -0.25) is 14.6 Å². The second-order valence-electron chi connectivity index (χ2n) is 7.95. The van der Waals surface area contributed by atoms with Crippen LogP contribution < -0.4 is 10.2 Å². The Kier molecular flexibility index (Phi) is 5.42. The van der Waals surface area contributed by atoms with Gasteiger partial charge in [0, 0.05) is 64.2 Å². The summed E-state index contributed by atoms with van der Waals surface area (Å²) in [5, 5.41) is 2.94. The number of hydrogen-bond acceptors (Lipinski definition) is 6. The fourth-order valence-corrected chi connectivity index (χ4v) is 3.64. The Balaban J connectivity index is 1.53. The lowest BCUT2D eigenvalue weighted by Gasteiger charge is -2.19. The van der Waals surface area contributed by atoms with Crippen LogP contribution in [0.25, 0.3) is 0 Å². The number of amides is 2. The van der Waals surface area contributed by atoms with Crippen LogP contribution in [0.1, 0.15) is 46.8 Å². The summed E-state index contributed by atoms with van der Waals surface area (Å²) in [6.45, 7) is 1.72. The minimum absolute atomic E-state index is 0.0403. The number of anilines is 1. The van der Waals surface area contributed by atoms with Crippen molar-refractivity contribution in [1.82, 2.24) is 25.2 Å². The fourth-order valence-electron chi connectivity index (χ4n) is 3.64. The summed E-state index contributed by atoms with van der Waals surface area (Å²) in [6.07, 6.45) is 7.84. The quantitative estimate of drug-likeness (QED) is 0.800. The molecule has 0 radical (unpaired) electrons. The Morgan fingerprint density at radius 3 is 2.76 bits per heavy atom. The van der Waals surface area contributed by atoms with Crippen molar-refractivity contribution in [2.24, 2.45) is 5.92 Å². The molecule has 2 amide bonds. The number of nitrogens with zero attached hydrogens (tertiary/aromatic N) is 5. The van der Waals surface area contributed by atoms with Crippen molar-refractivity contribution in [2.45, 2.75) is 31.7 Å². The third kappa shape index (κ3) is 4.36. The highest BCUT2D eigenvalue weighted by Gasteiger charge is 2.38. The molecule has 0 bridgehead atoms. The summed E-state index contributed by atoms with van der Waals surface area (Å²) < 4.78 is 0. The van der Waals surface area contributed by atoms with Crippen molar-refractivity contribution in [1.29, 1.82) is 0 Å². The first kappa shape index (κ1) is 19.3. The topological polar surface area (TPSA) is 91.3 Å². The van der Waals surface area contributed by atoms with Crippen LogP contribution in [0.5, 0.6) is 0 Å². The van der Waals surface area contributed by atoms with E-state index in [4.69, 9.17) is 0 Å². The molecule has 8 nitrogen and oxygen atoms in total. The minimum Gasteiger partial charge on any atom is -0.348 e. The smallest absolute Gasteiger partial charge is 0.254 e. The third-order valence-electron chi connectivity index (χ3n) is 5.44. The maximum absolute atomic E-state index is 12.9. The highest BCUT2D eigenvalue weighted by molar-refractivity contribution is 5.95. The summed E-state index contributed by atoms with van der Waals surface area (Å²) in [7, 11) is 3.75. The fraction of sp³-hybridized carbons (Fsp3) is 0.476. The largest absolute Gasteiger partial charge is 0.348 e. The molecule has 0 spiro atoms. The maximum atomic E-state index is 12.9. The maximum Gasteiger partial charge on any atom is 0.254 e. The van der Waals surface area contributed by atoms with Gasteiger partial charge in [0.15, 0.2) is 0 Å². The number of pyridine rings is 1. The van der Waals surface area contributed by atoms with Crippen molar-refractivity contribution in [3.05, 3.63) is 47.5 Å². The van der Waals surface area contributed by atoms with Gasteiger partial charge in [-0.25, -0.2) is 9.97 Å². The SMILES string of the molecule is CN(C)c1ncc(C(=O)NCc2cccnc2)c(C2CCN(C(=O)C3CC3)C2)n1. The van der Waals surface area contributed by atoms with Gasteiger partial charge in [-0.15, -0.1) is 0 Å². The van der Waals surface area contributed by atoms with Crippen LogP contribution in [0.15, 0.2) is 30.7 Å². The van der Waals surface area contributed by atoms with Crippen LogP contribution >= 0.6 is 0 Å². The van der Waals surface area contributed by atoms with E-state index in [1.54, 1.807) is 18.6 Å². The molecule has 2 aromatic heterocycles. The van der Waals surface area contributed by atoms with Gasteiger partial charge in [0.2, 0.25) is 11.9 Å². The van der Waals surface area contributed by atoms with E-state index in [2.05, 4.69) is 20.3 Å². The van der Waals surface area contributed by atoms with E-state index < -0.39 is 0 Å². The number of hydrogen-bond donors (Lipinski definition) is 1. The van der Waals surface area contributed by atoms with Crippen LogP contribution in [-0.4, -0.2) is 58.9 Å². The molecule has 1 atom stereocenters. The van der Waals surface area contributed by atoms with E-state index in [0.29, 0.717) is 24.6 Å². The Morgan fingerprint density at radius 2 is 2.07 bits per heavy atom. The Labute approximate surface area is 170 Å². The molecule has 1 aliphatic carbocycles. The zero-order valence-corrected chi connectivity index (χ0v) is 16.8. The van der Waals surface area contributed by atoms with Gasteiger partial charge in [0.25, 0.3) is 5.91 Å². The van der Waals surface area contributed by atoms with Crippen molar-refractivity contribution in [3.63, 3.8) is 0 Å². The van der Waals surface area contributed by atoms with Gasteiger partial charge in [-0.2, -0.15) is 0 Å². The van der Waals surface area contributed by atoms with E-state index in [9.17, 15) is 9.59 Å². The Morgan fingerprint density at radius 1 is 1.24 bits per heavy atom. The molecule has 1 unspecified atom stereocenters. The number of carbonyl (C=O) groups excluding carboxylic acids is 2. The van der Waals surface area contributed by atoms with Gasteiger partial charge in [-0.1, -0.05) is 6.07 Å². The predicted octanol–water partition coefficient (Wildman–Crippen LogP) is 1.59. The van der Waals surface area contributed by atoms with Crippen LogP contribution in [0.3, 0.4) is 0 Å². The average molecular weight is 394 g/mol. The van der Waals surface area contributed by atoms with Gasteiger partial charge >= 0.3 is 0 Å². The monoisotopic (exact) mass is 394 g/mol. The van der Waals surface area contributed by atoms with Crippen molar-refractivity contribution in [3.8, 4) is 0 Å². The highest BCUT2D eigenvalue weighted by Crippen LogP contribution is 2.35. The average Bonchev–Trinajstić information content (AvgIpc) is 3.48. The molecule has 4 rings (SSSR count). The molecule has 8 heteroatoms. The Bertz CT molecular complexity index is 897. The molecule has 1 N–H and O–H groups in total. The highest BCUT2D eigenvalue weighted by atomic mass is 16.2. The summed E-state index contributed by atoms with van der Waals surface area (Å²) in [4.78, 5) is 42.2. The molecule has 29 heavy (non-hydrogen) atoms. The van der Waals surface area contributed by atoms with Crippen LogP contribution in [0.4, 0.5) is 5.95 Å². The third-order valence-corrected chi connectivity index (χ3v) is 5.44. The molecular weight excluding hydrogens is 368 g/mol. The standard InChI is InChI=1S/C21H26N6O2/c1-26(2)21-24-12-17(19(28)23-11-14-4-3-8-22-10-14)18(25-21)16-7-9-27(13-16)20(29)15-5-6-15/h3-4,8,10,12,15-16H,5-7,9,11,13H2,1-2H3,(H,23,28). The van der Waals surface area contributed by atoms with E-state index in [1.165, 1.54) is 0 Å². The van der Waals surface area contributed by atoms with E-state index in [-0.39, 0.29) is 23.7 Å². The normalized spacial score (nSPS) is 18.6. The molecule has 1 aliphatic heterocycles. The van der Waals surface area contributed by atoms with Crippen molar-refractivity contribution >= 4 is 17.8 Å². The molecule has 0 aromatic carbocycles. The lowest BCUT2D eigenvalue weighted by atomic mass is 9.99. The van der Waals surface area contributed by atoms with Crippen LogP contribution in [0.2, 0.25) is 0 Å². The van der Waals surface area contributed by atoms with E-state index in [1.807, 2.05) is 36.0 Å². The zero-order valence-electron chi connectivity index (χ0n) is 16.8. The summed E-state index contributed by atoms with van der Waals surface area (Å²) >= 11 is 0. The zero-order chi connectivity index (χ0) is 20.4. The second-order valence-corrected chi connectivity index (χ2v) is 7.95. The van der Waals surface area contributed by atoms with E-state index in [0.717, 1.165) is 37.1 Å². The second kappa shape index (κ2) is 8.14. The molecule has 3 heterocycles. The molecule has 2 aliphatic rings. The first-order chi connectivity index (χ1) is 14.0. The predicted molar refractivity (Wildman–Crippen MR) is 108 cm³/mol. The lowest BCUT2D eigenvalue weighted by Crippen LogP contribution is -2.30. The van der Waals surface area contributed by atoms with Crippen LogP contribution in [-0.2, 0) is 11.3 Å². The number of likely N-dealkylation sites (tertiary alicyclic amines) is 1.